The molecule has 0 saturated heterocycles. The summed E-state index contributed by atoms with van der Waals surface area (Å²) >= 11 is 7.65. The molecule has 2 aromatic carbocycles. The van der Waals surface area contributed by atoms with E-state index in [1.807, 2.05) is 12.1 Å². The average Bonchev–Trinajstić information content (AvgIpc) is 2.40. The maximum absolute atomic E-state index is 5.90. The van der Waals surface area contributed by atoms with E-state index in [0.717, 1.165) is 5.02 Å². The largest absolute Gasteiger partial charge is 0.378 e. The van der Waals surface area contributed by atoms with Crippen LogP contribution in [0.2, 0.25) is 5.02 Å². The highest BCUT2D eigenvalue weighted by molar-refractivity contribution is 7.98. The normalized spacial score (nSPS) is 12.2. The zero-order valence-corrected chi connectivity index (χ0v) is 12.1. The first kappa shape index (κ1) is 13.3. The molecule has 0 aliphatic rings. The van der Waals surface area contributed by atoms with Crippen LogP contribution in [0.4, 0.5) is 5.69 Å². The molecule has 18 heavy (non-hydrogen) atoms. The number of halogens is 1. The van der Waals surface area contributed by atoms with Crippen LogP contribution in [0.1, 0.15) is 18.5 Å². The molecule has 0 aliphatic carbocycles. The molecule has 0 bridgehead atoms. The minimum atomic E-state index is 0.260. The Hall–Kier alpha value is -1.12. The summed E-state index contributed by atoms with van der Waals surface area (Å²) in [5, 5.41) is 4.31. The van der Waals surface area contributed by atoms with E-state index in [9.17, 15) is 0 Å². The fourth-order valence-corrected chi connectivity index (χ4v) is 2.52. The van der Waals surface area contributed by atoms with Crippen LogP contribution in [-0.4, -0.2) is 6.26 Å². The Labute approximate surface area is 118 Å². The summed E-state index contributed by atoms with van der Waals surface area (Å²) in [6.45, 7) is 2.15. The SMILES string of the molecule is CSc1ccccc1NC(C)c1ccc(Cl)cc1. The Balaban J connectivity index is 2.15. The van der Waals surface area contributed by atoms with Gasteiger partial charge in [-0.05, 0) is 43.0 Å². The number of hydrogen-bond acceptors (Lipinski definition) is 2. The third-order valence-electron chi connectivity index (χ3n) is 2.85. The second-order valence-corrected chi connectivity index (χ2v) is 5.40. The number of anilines is 1. The molecule has 1 unspecified atom stereocenters. The molecule has 2 rings (SSSR count). The van der Waals surface area contributed by atoms with Gasteiger partial charge in [0.2, 0.25) is 0 Å². The molecular formula is C15H16ClNS. The first-order valence-electron chi connectivity index (χ1n) is 5.85. The Morgan fingerprint density at radius 2 is 1.72 bits per heavy atom. The van der Waals surface area contributed by atoms with Crippen LogP contribution in [0.15, 0.2) is 53.4 Å². The first-order chi connectivity index (χ1) is 8.70. The van der Waals surface area contributed by atoms with E-state index < -0.39 is 0 Å². The smallest absolute Gasteiger partial charge is 0.0486 e. The van der Waals surface area contributed by atoms with Crippen LogP contribution < -0.4 is 5.32 Å². The molecule has 1 atom stereocenters. The van der Waals surface area contributed by atoms with Gasteiger partial charge in [-0.3, -0.25) is 0 Å². The molecule has 1 N–H and O–H groups in total. The summed E-state index contributed by atoms with van der Waals surface area (Å²) in [6.07, 6.45) is 2.09. The van der Waals surface area contributed by atoms with Crippen molar-refractivity contribution in [1.82, 2.24) is 0 Å². The predicted octanol–water partition coefficient (Wildman–Crippen LogP) is 5.24. The van der Waals surface area contributed by atoms with Crippen LogP contribution in [-0.2, 0) is 0 Å². The number of para-hydroxylation sites is 1. The van der Waals surface area contributed by atoms with Crippen LogP contribution in [0, 0.1) is 0 Å². The van der Waals surface area contributed by atoms with E-state index in [4.69, 9.17) is 11.6 Å². The number of rotatable bonds is 4. The predicted molar refractivity (Wildman–Crippen MR) is 81.7 cm³/mol. The average molecular weight is 278 g/mol. The van der Waals surface area contributed by atoms with Crippen LogP contribution >= 0.6 is 23.4 Å². The monoisotopic (exact) mass is 277 g/mol. The zero-order valence-electron chi connectivity index (χ0n) is 10.5. The van der Waals surface area contributed by atoms with Gasteiger partial charge in [0.05, 0.1) is 0 Å². The van der Waals surface area contributed by atoms with Crippen molar-refractivity contribution in [3.8, 4) is 0 Å². The number of nitrogens with one attached hydrogen (secondary N) is 1. The summed E-state index contributed by atoms with van der Waals surface area (Å²) in [5.41, 5.74) is 2.41. The third-order valence-corrected chi connectivity index (χ3v) is 3.90. The molecule has 2 aromatic rings. The van der Waals surface area contributed by atoms with Crippen molar-refractivity contribution in [1.29, 1.82) is 0 Å². The number of benzene rings is 2. The van der Waals surface area contributed by atoms with Crippen molar-refractivity contribution < 1.29 is 0 Å². The molecule has 0 fully saturated rings. The second kappa shape index (κ2) is 6.17. The summed E-state index contributed by atoms with van der Waals surface area (Å²) < 4.78 is 0. The fourth-order valence-electron chi connectivity index (χ4n) is 1.83. The van der Waals surface area contributed by atoms with E-state index in [2.05, 4.69) is 54.9 Å². The molecule has 94 valence electrons. The van der Waals surface area contributed by atoms with Gasteiger partial charge in [0.15, 0.2) is 0 Å². The molecule has 1 nitrogen and oxygen atoms in total. The Morgan fingerprint density at radius 3 is 2.39 bits per heavy atom. The highest BCUT2D eigenvalue weighted by Crippen LogP contribution is 2.28. The van der Waals surface area contributed by atoms with E-state index in [-0.39, 0.29) is 6.04 Å². The van der Waals surface area contributed by atoms with Gasteiger partial charge >= 0.3 is 0 Å². The summed E-state index contributed by atoms with van der Waals surface area (Å²) in [5.74, 6) is 0. The first-order valence-corrected chi connectivity index (χ1v) is 7.46. The minimum absolute atomic E-state index is 0.260. The summed E-state index contributed by atoms with van der Waals surface area (Å²) in [4.78, 5) is 1.26. The van der Waals surface area contributed by atoms with Crippen molar-refractivity contribution in [2.75, 3.05) is 11.6 Å². The topological polar surface area (TPSA) is 12.0 Å². The van der Waals surface area contributed by atoms with Crippen molar-refractivity contribution in [2.45, 2.75) is 17.9 Å². The fraction of sp³-hybridized carbons (Fsp3) is 0.200. The van der Waals surface area contributed by atoms with Gasteiger partial charge in [0.25, 0.3) is 0 Å². The van der Waals surface area contributed by atoms with Crippen LogP contribution in [0.25, 0.3) is 0 Å². The molecule has 0 aromatic heterocycles. The van der Waals surface area contributed by atoms with E-state index in [1.54, 1.807) is 11.8 Å². The summed E-state index contributed by atoms with van der Waals surface area (Å²) in [7, 11) is 0. The van der Waals surface area contributed by atoms with E-state index >= 15 is 0 Å². The van der Waals surface area contributed by atoms with Gasteiger partial charge in [0.1, 0.15) is 0 Å². The molecular weight excluding hydrogens is 262 g/mol. The number of thioether (sulfide) groups is 1. The van der Waals surface area contributed by atoms with Gasteiger partial charge in [-0.1, -0.05) is 35.9 Å². The zero-order chi connectivity index (χ0) is 13.0. The van der Waals surface area contributed by atoms with E-state index in [1.165, 1.54) is 16.1 Å². The molecule has 0 spiro atoms. The maximum atomic E-state index is 5.90. The highest BCUT2D eigenvalue weighted by atomic mass is 35.5. The van der Waals surface area contributed by atoms with Gasteiger partial charge in [0, 0.05) is 21.6 Å². The van der Waals surface area contributed by atoms with Gasteiger partial charge in [-0.25, -0.2) is 0 Å². The lowest BCUT2D eigenvalue weighted by Gasteiger charge is -2.17. The van der Waals surface area contributed by atoms with Crippen molar-refractivity contribution in [3.63, 3.8) is 0 Å². The molecule has 3 heteroatoms. The van der Waals surface area contributed by atoms with E-state index in [0.29, 0.717) is 0 Å². The maximum Gasteiger partial charge on any atom is 0.0486 e. The Bertz CT molecular complexity index is 510. The van der Waals surface area contributed by atoms with Gasteiger partial charge in [-0.2, -0.15) is 0 Å². The Morgan fingerprint density at radius 1 is 1.06 bits per heavy atom. The lowest BCUT2D eigenvalue weighted by Crippen LogP contribution is -2.07. The van der Waals surface area contributed by atoms with Crippen molar-refractivity contribution >= 4 is 29.1 Å². The standard InChI is InChI=1S/C15H16ClNS/c1-11(12-7-9-13(16)10-8-12)17-14-5-3-4-6-15(14)18-2/h3-11,17H,1-2H3. The van der Waals surface area contributed by atoms with Gasteiger partial charge < -0.3 is 5.32 Å². The van der Waals surface area contributed by atoms with Crippen LogP contribution in [0.5, 0.6) is 0 Å². The lowest BCUT2D eigenvalue weighted by molar-refractivity contribution is 0.879. The van der Waals surface area contributed by atoms with Crippen molar-refractivity contribution in [3.05, 3.63) is 59.1 Å². The Kier molecular flexibility index (Phi) is 4.56. The quantitative estimate of drug-likeness (QED) is 0.768. The van der Waals surface area contributed by atoms with Crippen LogP contribution in [0.3, 0.4) is 0 Å². The minimum Gasteiger partial charge on any atom is -0.378 e. The molecule has 0 amide bonds. The molecule has 0 radical (unpaired) electrons. The van der Waals surface area contributed by atoms with Crippen molar-refractivity contribution in [2.24, 2.45) is 0 Å². The number of hydrogen-bond donors (Lipinski definition) is 1. The highest BCUT2D eigenvalue weighted by Gasteiger charge is 2.07. The summed E-state index contributed by atoms with van der Waals surface area (Å²) in [6, 6.07) is 16.6. The van der Waals surface area contributed by atoms with Gasteiger partial charge in [-0.15, -0.1) is 11.8 Å². The molecule has 0 saturated carbocycles. The molecule has 0 heterocycles. The second-order valence-electron chi connectivity index (χ2n) is 4.12. The third kappa shape index (κ3) is 3.21. The lowest BCUT2D eigenvalue weighted by atomic mass is 10.1. The molecule has 0 aliphatic heterocycles.